The molecule has 0 bridgehead atoms. The standard InChI is InChI=1S/C16H14N6S/c1-9-20-12-6-10(2-5-13(12)23-9)21-15-14-16(18-7-17-15)22(8-19-14)11-3-4-11/h2,5-8,11H,3-4H2,1H3,(H,17,18,21). The lowest BCUT2D eigenvalue weighted by Gasteiger charge is -2.06. The number of imidazole rings is 1. The molecule has 1 N–H and O–H groups in total. The quantitative estimate of drug-likeness (QED) is 0.621. The first-order valence-electron chi connectivity index (χ1n) is 7.60. The van der Waals surface area contributed by atoms with Crippen LogP contribution in [0.5, 0.6) is 0 Å². The van der Waals surface area contributed by atoms with Crippen LogP contribution in [-0.4, -0.2) is 24.5 Å². The van der Waals surface area contributed by atoms with Crippen molar-refractivity contribution >= 4 is 44.2 Å². The van der Waals surface area contributed by atoms with Gasteiger partial charge in [-0.2, -0.15) is 0 Å². The highest BCUT2D eigenvalue weighted by atomic mass is 32.1. The average Bonchev–Trinajstić information content (AvgIpc) is 3.17. The Balaban J connectivity index is 1.56. The topological polar surface area (TPSA) is 68.5 Å². The molecule has 0 amide bonds. The lowest BCUT2D eigenvalue weighted by Crippen LogP contribution is -1.98. The summed E-state index contributed by atoms with van der Waals surface area (Å²) in [6, 6.07) is 6.73. The van der Waals surface area contributed by atoms with E-state index in [4.69, 9.17) is 0 Å². The monoisotopic (exact) mass is 322 g/mol. The van der Waals surface area contributed by atoms with Crippen LogP contribution in [0.15, 0.2) is 30.9 Å². The minimum absolute atomic E-state index is 0.553. The summed E-state index contributed by atoms with van der Waals surface area (Å²) in [5.74, 6) is 0.737. The molecular weight excluding hydrogens is 308 g/mol. The molecule has 1 aromatic carbocycles. The second-order valence-corrected chi connectivity index (χ2v) is 7.05. The van der Waals surface area contributed by atoms with Crippen molar-refractivity contribution in [3.63, 3.8) is 0 Å². The Hall–Kier alpha value is -2.54. The van der Waals surface area contributed by atoms with Gasteiger partial charge < -0.3 is 9.88 Å². The van der Waals surface area contributed by atoms with Gasteiger partial charge in [-0.05, 0) is 38.0 Å². The molecule has 4 aromatic rings. The van der Waals surface area contributed by atoms with E-state index in [1.54, 1.807) is 17.7 Å². The van der Waals surface area contributed by atoms with E-state index in [9.17, 15) is 0 Å². The maximum Gasteiger partial charge on any atom is 0.165 e. The average molecular weight is 322 g/mol. The van der Waals surface area contributed by atoms with E-state index in [0.717, 1.165) is 33.2 Å². The van der Waals surface area contributed by atoms with Gasteiger partial charge in [0.05, 0.1) is 21.6 Å². The van der Waals surface area contributed by atoms with Crippen molar-refractivity contribution in [3.8, 4) is 0 Å². The zero-order valence-corrected chi connectivity index (χ0v) is 13.3. The summed E-state index contributed by atoms with van der Waals surface area (Å²) < 4.78 is 3.34. The summed E-state index contributed by atoms with van der Waals surface area (Å²) in [7, 11) is 0. The second-order valence-electron chi connectivity index (χ2n) is 5.82. The van der Waals surface area contributed by atoms with Crippen LogP contribution in [0.2, 0.25) is 0 Å². The number of aromatic nitrogens is 5. The molecule has 7 heteroatoms. The third kappa shape index (κ3) is 2.16. The maximum absolute atomic E-state index is 4.54. The number of nitrogens with one attached hydrogen (secondary N) is 1. The van der Waals surface area contributed by atoms with Crippen LogP contribution < -0.4 is 5.32 Å². The van der Waals surface area contributed by atoms with Gasteiger partial charge in [-0.3, -0.25) is 0 Å². The minimum Gasteiger partial charge on any atom is -0.338 e. The Morgan fingerprint density at radius 3 is 3.00 bits per heavy atom. The van der Waals surface area contributed by atoms with Crippen LogP contribution in [0, 0.1) is 6.92 Å². The summed E-state index contributed by atoms with van der Waals surface area (Å²) in [5, 5.41) is 4.43. The largest absolute Gasteiger partial charge is 0.338 e. The van der Waals surface area contributed by atoms with Crippen molar-refractivity contribution in [2.75, 3.05) is 5.32 Å². The predicted molar refractivity (Wildman–Crippen MR) is 91.2 cm³/mol. The van der Waals surface area contributed by atoms with Crippen LogP contribution >= 0.6 is 11.3 Å². The minimum atomic E-state index is 0.553. The summed E-state index contributed by atoms with van der Waals surface area (Å²) in [4.78, 5) is 17.8. The smallest absolute Gasteiger partial charge is 0.165 e. The molecule has 1 aliphatic rings. The number of hydrogen-bond acceptors (Lipinski definition) is 6. The normalized spacial score (nSPS) is 14.7. The van der Waals surface area contributed by atoms with E-state index in [1.807, 2.05) is 25.4 Å². The molecule has 0 aliphatic heterocycles. The van der Waals surface area contributed by atoms with Gasteiger partial charge in [-0.15, -0.1) is 11.3 Å². The van der Waals surface area contributed by atoms with Gasteiger partial charge >= 0.3 is 0 Å². The van der Waals surface area contributed by atoms with Gasteiger partial charge in [0, 0.05) is 11.7 Å². The number of aryl methyl sites for hydroxylation is 1. The van der Waals surface area contributed by atoms with E-state index in [2.05, 4.69) is 35.9 Å². The van der Waals surface area contributed by atoms with E-state index < -0.39 is 0 Å². The number of benzene rings is 1. The van der Waals surface area contributed by atoms with Crippen LogP contribution in [0.4, 0.5) is 11.5 Å². The third-order valence-corrected chi connectivity index (χ3v) is 5.01. The van der Waals surface area contributed by atoms with Crippen LogP contribution in [-0.2, 0) is 0 Å². The lowest BCUT2D eigenvalue weighted by atomic mass is 10.3. The number of rotatable bonds is 3. The van der Waals surface area contributed by atoms with E-state index >= 15 is 0 Å². The molecule has 6 nitrogen and oxygen atoms in total. The molecule has 1 saturated carbocycles. The number of hydrogen-bond donors (Lipinski definition) is 1. The molecule has 1 aliphatic carbocycles. The first kappa shape index (κ1) is 13.0. The van der Waals surface area contributed by atoms with Gasteiger partial charge in [-0.1, -0.05) is 0 Å². The second kappa shape index (κ2) is 4.73. The first-order valence-corrected chi connectivity index (χ1v) is 8.41. The fourth-order valence-corrected chi connectivity index (χ4v) is 3.63. The maximum atomic E-state index is 4.54. The summed E-state index contributed by atoms with van der Waals surface area (Å²) >= 11 is 1.70. The lowest BCUT2D eigenvalue weighted by molar-refractivity contribution is 0.756. The molecule has 5 rings (SSSR count). The third-order valence-electron chi connectivity index (χ3n) is 4.06. The Labute approximate surface area is 136 Å². The SMILES string of the molecule is Cc1nc2cc(Nc3ncnc4c3ncn4C3CC3)ccc2s1. The van der Waals surface area contributed by atoms with Gasteiger partial charge in [0.2, 0.25) is 0 Å². The molecule has 0 unspecified atom stereocenters. The number of nitrogens with zero attached hydrogens (tertiary/aromatic N) is 5. The molecule has 3 aromatic heterocycles. The Morgan fingerprint density at radius 2 is 2.13 bits per heavy atom. The van der Waals surface area contributed by atoms with Crippen molar-refractivity contribution in [2.45, 2.75) is 25.8 Å². The van der Waals surface area contributed by atoms with Crippen molar-refractivity contribution < 1.29 is 0 Å². The molecular formula is C16H14N6S. The summed E-state index contributed by atoms with van der Waals surface area (Å²) in [5.41, 5.74) is 3.68. The highest BCUT2D eigenvalue weighted by Gasteiger charge is 2.26. The molecule has 114 valence electrons. The fraction of sp³-hybridized carbons (Fsp3) is 0.250. The number of fused-ring (bicyclic) bond motifs is 2. The zero-order chi connectivity index (χ0) is 15.4. The van der Waals surface area contributed by atoms with Crippen molar-refractivity contribution in [1.82, 2.24) is 24.5 Å². The van der Waals surface area contributed by atoms with Gasteiger partial charge in [0.15, 0.2) is 17.0 Å². The van der Waals surface area contributed by atoms with Gasteiger partial charge in [0.25, 0.3) is 0 Å². The Bertz CT molecular complexity index is 1030. The predicted octanol–water partition coefficient (Wildman–Crippen LogP) is 3.82. The number of thiazole rings is 1. The van der Waals surface area contributed by atoms with Crippen molar-refractivity contribution in [2.24, 2.45) is 0 Å². The van der Waals surface area contributed by atoms with Crippen LogP contribution in [0.3, 0.4) is 0 Å². The fourth-order valence-electron chi connectivity index (χ4n) is 2.82. The van der Waals surface area contributed by atoms with E-state index in [0.29, 0.717) is 6.04 Å². The molecule has 23 heavy (non-hydrogen) atoms. The summed E-state index contributed by atoms with van der Waals surface area (Å²) in [6.45, 7) is 2.02. The van der Waals surface area contributed by atoms with Crippen molar-refractivity contribution in [3.05, 3.63) is 35.9 Å². The molecule has 0 radical (unpaired) electrons. The molecule has 0 spiro atoms. The highest BCUT2D eigenvalue weighted by molar-refractivity contribution is 7.18. The first-order chi connectivity index (χ1) is 11.3. The zero-order valence-electron chi connectivity index (χ0n) is 12.5. The molecule has 0 saturated heterocycles. The number of anilines is 2. The Kier molecular flexibility index (Phi) is 2.66. The van der Waals surface area contributed by atoms with Crippen LogP contribution in [0.25, 0.3) is 21.4 Å². The summed E-state index contributed by atoms with van der Waals surface area (Å²) in [6.07, 6.45) is 5.88. The van der Waals surface area contributed by atoms with Crippen molar-refractivity contribution in [1.29, 1.82) is 0 Å². The van der Waals surface area contributed by atoms with E-state index in [1.165, 1.54) is 17.5 Å². The van der Waals surface area contributed by atoms with Gasteiger partial charge in [-0.25, -0.2) is 19.9 Å². The van der Waals surface area contributed by atoms with Crippen LogP contribution in [0.1, 0.15) is 23.9 Å². The molecule has 1 fully saturated rings. The van der Waals surface area contributed by atoms with E-state index in [-0.39, 0.29) is 0 Å². The molecule has 3 heterocycles. The molecule has 0 atom stereocenters. The highest BCUT2D eigenvalue weighted by Crippen LogP contribution is 2.37. The van der Waals surface area contributed by atoms with Gasteiger partial charge in [0.1, 0.15) is 6.33 Å². The Morgan fingerprint density at radius 1 is 1.22 bits per heavy atom.